The molecule has 0 amide bonds. The Balaban J connectivity index is 0.690. The molecule has 0 aliphatic rings. The second-order valence-corrected chi connectivity index (χ2v) is 24.5. The van der Waals surface area contributed by atoms with E-state index < -0.39 is 0 Å². The van der Waals surface area contributed by atoms with Gasteiger partial charge in [0.05, 0.1) is 22.1 Å². The number of anilines is 9. The summed E-state index contributed by atoms with van der Waals surface area (Å²) >= 11 is 0. The number of nitrogens with zero attached hydrogens (tertiary/aromatic N) is 5. The fourth-order valence-corrected chi connectivity index (χ4v) is 14.3. The lowest BCUT2D eigenvalue weighted by Crippen LogP contribution is -2.13. The van der Waals surface area contributed by atoms with Crippen LogP contribution in [0.25, 0.3) is 110 Å². The summed E-state index contributed by atoms with van der Waals surface area (Å²) in [5.41, 5.74) is 25.2. The van der Waals surface area contributed by atoms with Crippen molar-refractivity contribution in [1.82, 2.24) is 9.13 Å². The first kappa shape index (κ1) is 55.9. The van der Waals surface area contributed by atoms with Crippen molar-refractivity contribution in [2.45, 2.75) is 0 Å². The molecule has 0 unspecified atom stereocenters. The van der Waals surface area contributed by atoms with Gasteiger partial charge in [-0.05, 0) is 221 Å². The molecule has 3 aromatic heterocycles. The van der Waals surface area contributed by atoms with Crippen LogP contribution in [-0.2, 0) is 0 Å². The maximum atomic E-state index is 6.24. The van der Waals surface area contributed by atoms with E-state index in [0.29, 0.717) is 0 Å². The van der Waals surface area contributed by atoms with Crippen LogP contribution in [0.15, 0.2) is 374 Å². The third-order valence-electron chi connectivity index (χ3n) is 18.9. The van der Waals surface area contributed by atoms with Crippen molar-refractivity contribution in [3.63, 3.8) is 0 Å². The minimum atomic E-state index is 0.885. The van der Waals surface area contributed by atoms with Crippen LogP contribution in [0.3, 0.4) is 0 Å². The predicted octanol–water partition coefficient (Wildman–Crippen LogP) is 25.2. The molecule has 18 rings (SSSR count). The average Bonchev–Trinajstić information content (AvgIpc) is 1.23. The average molecular weight is 1230 g/mol. The van der Waals surface area contributed by atoms with Crippen molar-refractivity contribution >= 4 is 117 Å². The van der Waals surface area contributed by atoms with Gasteiger partial charge in [0, 0.05) is 94.9 Å². The highest BCUT2D eigenvalue weighted by Gasteiger charge is 2.21. The van der Waals surface area contributed by atoms with Crippen LogP contribution in [0.1, 0.15) is 0 Å². The van der Waals surface area contributed by atoms with Crippen LogP contribution < -0.4 is 14.7 Å². The van der Waals surface area contributed by atoms with Gasteiger partial charge >= 0.3 is 0 Å². The van der Waals surface area contributed by atoms with E-state index in [1.165, 1.54) is 54.7 Å². The number of hydrogen-bond acceptors (Lipinski definition) is 4. The first-order valence-electron chi connectivity index (χ1n) is 32.7. The molecule has 6 heteroatoms. The predicted molar refractivity (Wildman–Crippen MR) is 403 cm³/mol. The number of rotatable bonds is 14. The van der Waals surface area contributed by atoms with E-state index in [1.54, 1.807) is 0 Å². The molecule has 0 spiro atoms. The molecule has 0 atom stereocenters. The fourth-order valence-electron chi connectivity index (χ4n) is 14.3. The molecule has 18 aromatic rings. The van der Waals surface area contributed by atoms with Crippen molar-refractivity contribution in [1.29, 1.82) is 0 Å². The summed E-state index contributed by atoms with van der Waals surface area (Å²) in [6.45, 7) is 0. The van der Waals surface area contributed by atoms with Crippen molar-refractivity contribution in [2.75, 3.05) is 14.7 Å². The van der Waals surface area contributed by atoms with Gasteiger partial charge in [0.1, 0.15) is 11.2 Å². The van der Waals surface area contributed by atoms with E-state index in [2.05, 4.69) is 382 Å². The highest BCUT2D eigenvalue weighted by atomic mass is 16.3. The molecule has 452 valence electrons. The van der Waals surface area contributed by atoms with E-state index in [4.69, 9.17) is 4.42 Å². The summed E-state index contributed by atoms with van der Waals surface area (Å²) in [6, 6.07) is 133. The number of furan rings is 1. The molecule has 0 aliphatic heterocycles. The quantitative estimate of drug-likeness (QED) is 0.109. The second-order valence-electron chi connectivity index (χ2n) is 24.5. The highest BCUT2D eigenvalue weighted by molar-refractivity contribution is 6.12. The van der Waals surface area contributed by atoms with Gasteiger partial charge in [-0.25, -0.2) is 0 Å². The molecule has 0 saturated carbocycles. The number of para-hydroxylation sites is 7. The molecule has 0 radical (unpaired) electrons. The Labute approximate surface area is 556 Å². The third-order valence-corrected chi connectivity index (χ3v) is 18.9. The lowest BCUT2D eigenvalue weighted by atomic mass is 10.0. The Bertz CT molecular complexity index is 5560. The zero-order chi connectivity index (χ0) is 63.5. The molecule has 3 heterocycles. The van der Waals surface area contributed by atoms with Gasteiger partial charge < -0.3 is 28.3 Å². The third kappa shape index (κ3) is 9.91. The summed E-state index contributed by atoms with van der Waals surface area (Å²) in [5, 5.41) is 7.16. The summed E-state index contributed by atoms with van der Waals surface area (Å²) in [4.78, 5) is 7.04. The van der Waals surface area contributed by atoms with Crippen LogP contribution in [0.4, 0.5) is 51.2 Å². The molecule has 96 heavy (non-hydrogen) atoms. The molecule has 0 fully saturated rings. The van der Waals surface area contributed by atoms with Gasteiger partial charge in [0.25, 0.3) is 0 Å². The number of hydrogen-bond donors (Lipinski definition) is 0. The Morgan fingerprint density at radius 3 is 0.823 bits per heavy atom. The maximum absolute atomic E-state index is 6.24. The number of benzene rings is 15. The summed E-state index contributed by atoms with van der Waals surface area (Å²) in [6.07, 6.45) is 0. The van der Waals surface area contributed by atoms with Gasteiger partial charge in [-0.2, -0.15) is 0 Å². The first-order valence-corrected chi connectivity index (χ1v) is 32.7. The van der Waals surface area contributed by atoms with Gasteiger partial charge in [-0.15, -0.1) is 0 Å². The van der Waals surface area contributed by atoms with E-state index in [-0.39, 0.29) is 0 Å². The van der Waals surface area contributed by atoms with E-state index in [1.807, 2.05) is 12.1 Å². The Kier molecular flexibility index (Phi) is 13.8. The molecule has 6 nitrogen and oxygen atoms in total. The van der Waals surface area contributed by atoms with Crippen LogP contribution in [0.2, 0.25) is 0 Å². The summed E-state index contributed by atoms with van der Waals surface area (Å²) in [7, 11) is 0. The summed E-state index contributed by atoms with van der Waals surface area (Å²) in [5.74, 6) is 0. The van der Waals surface area contributed by atoms with Crippen molar-refractivity contribution in [3.05, 3.63) is 370 Å². The van der Waals surface area contributed by atoms with E-state index in [0.717, 1.165) is 107 Å². The number of aromatic nitrogens is 2. The highest BCUT2D eigenvalue weighted by Crippen LogP contribution is 2.45. The molecular weight excluding hydrogens is 1170 g/mol. The van der Waals surface area contributed by atoms with E-state index in [9.17, 15) is 0 Å². The molecule has 0 N–H and O–H groups in total. The van der Waals surface area contributed by atoms with Crippen LogP contribution in [0, 0.1) is 0 Å². The molecule has 15 aromatic carbocycles. The van der Waals surface area contributed by atoms with Gasteiger partial charge in [-0.3, -0.25) is 0 Å². The zero-order valence-corrected chi connectivity index (χ0v) is 52.4. The largest absolute Gasteiger partial charge is 0.456 e. The first-order chi connectivity index (χ1) is 47.6. The minimum absolute atomic E-state index is 0.885. The Morgan fingerprint density at radius 2 is 0.438 bits per heavy atom. The zero-order valence-electron chi connectivity index (χ0n) is 52.4. The van der Waals surface area contributed by atoms with Crippen LogP contribution in [-0.4, -0.2) is 9.13 Å². The molecule has 0 aliphatic carbocycles. The summed E-state index contributed by atoms with van der Waals surface area (Å²) < 4.78 is 11.0. The lowest BCUT2D eigenvalue weighted by Gasteiger charge is -2.29. The fraction of sp³-hybridized carbons (Fsp3) is 0. The van der Waals surface area contributed by atoms with Crippen molar-refractivity contribution in [2.24, 2.45) is 0 Å². The SMILES string of the molecule is c1ccc(N(c2ccc(-c3ccc4c(c3)c3ccccc3n4-c3ccccc3)cc2)c2ccc(N(c3ccc(-c4ccc5oc6ccccc6c5c4)cc3)c3ccc(N(c4ccccc4)c4ccc(-c5ccc6c(c5)c5ccccc5n6-c5ccccc5)cc4)cc3)cc2)cc1. The van der Waals surface area contributed by atoms with Gasteiger partial charge in [0.2, 0.25) is 0 Å². The Morgan fingerprint density at radius 1 is 0.177 bits per heavy atom. The van der Waals surface area contributed by atoms with Crippen molar-refractivity contribution < 1.29 is 4.42 Å². The second kappa shape index (κ2) is 23.7. The van der Waals surface area contributed by atoms with Gasteiger partial charge in [-0.1, -0.05) is 182 Å². The van der Waals surface area contributed by atoms with Crippen LogP contribution in [0.5, 0.6) is 0 Å². The standard InChI is InChI=1S/C90H61N5O/c1-5-19-68(20-6-1)91(72-42-33-62(34-43-72)65-39-56-87-82(59-65)79-27-13-16-30-85(79)94(87)70-23-9-3-10-24-70)75-48-52-77(53-49-75)93(74-46-37-64(38-47-74)67-41-58-90-84(61-67)81-29-15-18-32-89(81)96-90)78-54-50-76(51-55-78)92(69-21-7-2-8-22-69)73-44-35-63(36-45-73)66-40-57-88-83(60-66)80-28-14-17-31-86(80)95(88)71-25-11-4-12-26-71/h1-61H. The monoisotopic (exact) mass is 1230 g/mol. The normalized spacial score (nSPS) is 11.5. The number of fused-ring (bicyclic) bond motifs is 9. The molecule has 0 saturated heterocycles. The van der Waals surface area contributed by atoms with E-state index >= 15 is 0 Å². The maximum Gasteiger partial charge on any atom is 0.135 e. The molecule has 0 bridgehead atoms. The smallest absolute Gasteiger partial charge is 0.135 e. The topological polar surface area (TPSA) is 32.7 Å². The Hall–Kier alpha value is -12.9. The minimum Gasteiger partial charge on any atom is -0.456 e. The van der Waals surface area contributed by atoms with Crippen molar-refractivity contribution in [3.8, 4) is 44.8 Å². The van der Waals surface area contributed by atoms with Gasteiger partial charge in [0.15, 0.2) is 0 Å². The lowest BCUT2D eigenvalue weighted by molar-refractivity contribution is 0.669. The van der Waals surface area contributed by atoms with Crippen LogP contribution >= 0.6 is 0 Å². The molecular formula is C90H61N5O.